The van der Waals surface area contributed by atoms with Crippen LogP contribution < -0.4 is 10.6 Å². The number of fused-ring (bicyclic) bond motifs is 1. The maximum Gasteiger partial charge on any atom is 0.248 e. The van der Waals surface area contributed by atoms with Crippen LogP contribution in [0.25, 0.3) is 0 Å². The summed E-state index contributed by atoms with van der Waals surface area (Å²) in [6, 6.07) is 14.9. The molecule has 3 aliphatic rings. The summed E-state index contributed by atoms with van der Waals surface area (Å²) in [6.07, 6.45) is 1.86. The summed E-state index contributed by atoms with van der Waals surface area (Å²) in [5.41, 5.74) is 3.73. The van der Waals surface area contributed by atoms with Crippen LogP contribution in [0.4, 0.5) is 5.69 Å². The van der Waals surface area contributed by atoms with Crippen molar-refractivity contribution in [3.05, 3.63) is 65.2 Å². The maximum absolute atomic E-state index is 14.0. The van der Waals surface area contributed by atoms with Crippen molar-refractivity contribution in [2.75, 3.05) is 18.5 Å². The number of carbonyl (C=O) groups excluding carboxylic acids is 3. The average Bonchev–Trinajstić information content (AvgIpc) is 3.44. The van der Waals surface area contributed by atoms with Gasteiger partial charge in [0, 0.05) is 30.1 Å². The van der Waals surface area contributed by atoms with Crippen molar-refractivity contribution in [2.45, 2.75) is 62.1 Å². The molecule has 3 aliphatic heterocycles. The number of nitrogens with zero attached hydrogens (tertiary/aromatic N) is 1. The van der Waals surface area contributed by atoms with E-state index in [1.165, 1.54) is 0 Å². The second-order valence-electron chi connectivity index (χ2n) is 10.8. The fourth-order valence-corrected chi connectivity index (χ4v) is 8.93. The van der Waals surface area contributed by atoms with Crippen molar-refractivity contribution in [1.82, 2.24) is 10.2 Å². The van der Waals surface area contributed by atoms with Crippen molar-refractivity contribution in [3.8, 4) is 0 Å². The second kappa shape index (κ2) is 9.80. The zero-order valence-corrected chi connectivity index (χ0v) is 22.4. The van der Waals surface area contributed by atoms with E-state index >= 15 is 0 Å². The summed E-state index contributed by atoms with van der Waals surface area (Å²) < 4.78 is -1.08. The molecule has 5 rings (SSSR count). The molecule has 2 bridgehead atoms. The minimum atomic E-state index is -0.699. The van der Waals surface area contributed by atoms with Crippen LogP contribution in [-0.4, -0.2) is 56.4 Å². The Morgan fingerprint density at radius 3 is 2.59 bits per heavy atom. The Morgan fingerprint density at radius 2 is 1.86 bits per heavy atom. The predicted octanol–water partition coefficient (Wildman–Crippen LogP) is 3.42. The topological polar surface area (TPSA) is 98.7 Å². The first-order chi connectivity index (χ1) is 17.7. The zero-order chi connectivity index (χ0) is 26.4. The third kappa shape index (κ3) is 4.34. The van der Waals surface area contributed by atoms with E-state index in [4.69, 9.17) is 0 Å². The highest BCUT2D eigenvalue weighted by Crippen LogP contribution is 2.71. The molecule has 2 aromatic carbocycles. The SMILES string of the molecule is Cc1ccc(C)c(NC(=O)C2N(CCCO)C(=O)[C@@H]3[C@@H](C(=O)NCc4ccccc4)[C@@]4(C)CCC23S4)c1. The van der Waals surface area contributed by atoms with Crippen LogP contribution in [0.15, 0.2) is 48.5 Å². The highest BCUT2D eigenvalue weighted by molar-refractivity contribution is 8.02. The van der Waals surface area contributed by atoms with Crippen LogP contribution >= 0.6 is 11.8 Å². The molecule has 0 aromatic heterocycles. The summed E-state index contributed by atoms with van der Waals surface area (Å²) >= 11 is 1.66. The van der Waals surface area contributed by atoms with E-state index in [9.17, 15) is 19.5 Å². The van der Waals surface area contributed by atoms with Gasteiger partial charge in [0.05, 0.1) is 16.6 Å². The average molecular weight is 522 g/mol. The smallest absolute Gasteiger partial charge is 0.248 e. The number of carbonyl (C=O) groups is 3. The van der Waals surface area contributed by atoms with Crippen LogP contribution in [0, 0.1) is 25.7 Å². The zero-order valence-electron chi connectivity index (χ0n) is 21.6. The fraction of sp³-hybridized carbons (Fsp3) is 0.483. The Bertz CT molecular complexity index is 1220. The predicted molar refractivity (Wildman–Crippen MR) is 145 cm³/mol. The molecule has 3 amide bonds. The minimum Gasteiger partial charge on any atom is -0.396 e. The second-order valence-corrected chi connectivity index (χ2v) is 12.7. The molecule has 3 heterocycles. The number of likely N-dealkylation sites (tertiary alicyclic amines) is 1. The molecule has 0 saturated carbocycles. The monoisotopic (exact) mass is 521 g/mol. The Balaban J connectivity index is 1.46. The molecule has 3 N–H and O–H groups in total. The molecule has 37 heavy (non-hydrogen) atoms. The molecule has 0 aliphatic carbocycles. The van der Waals surface area contributed by atoms with Gasteiger partial charge in [-0.1, -0.05) is 42.5 Å². The van der Waals surface area contributed by atoms with Gasteiger partial charge < -0.3 is 20.6 Å². The molecule has 2 aromatic rings. The summed E-state index contributed by atoms with van der Waals surface area (Å²) in [5, 5.41) is 15.7. The molecular formula is C29H35N3O4S. The standard InChI is InChI=1S/C29H35N3O4S/c1-18-10-11-19(2)21(16-18)31-26(35)24-29-13-12-28(3,37-29)22(23(29)27(36)32(24)14-7-15-33)25(34)30-17-20-8-5-4-6-9-20/h4-6,8-11,16,22-24,33H,7,12-15,17H2,1-3H3,(H,30,34)(H,31,35)/t22-,23-,24?,28+,29?/m0/s1. The highest BCUT2D eigenvalue weighted by Gasteiger charge is 2.77. The molecule has 196 valence electrons. The lowest BCUT2D eigenvalue weighted by atomic mass is 9.66. The lowest BCUT2D eigenvalue weighted by Crippen LogP contribution is -2.52. The van der Waals surface area contributed by atoms with E-state index in [2.05, 4.69) is 17.6 Å². The number of rotatable bonds is 8. The lowest BCUT2D eigenvalue weighted by Gasteiger charge is -2.35. The summed E-state index contributed by atoms with van der Waals surface area (Å²) in [6.45, 7) is 6.61. The Labute approximate surface area is 222 Å². The number of thioether (sulfide) groups is 1. The van der Waals surface area contributed by atoms with Gasteiger partial charge in [0.2, 0.25) is 17.7 Å². The fourth-order valence-electron chi connectivity index (χ4n) is 6.58. The van der Waals surface area contributed by atoms with Crippen molar-refractivity contribution in [3.63, 3.8) is 0 Å². The molecule has 8 heteroatoms. The van der Waals surface area contributed by atoms with Gasteiger partial charge in [-0.05, 0) is 62.8 Å². The summed E-state index contributed by atoms with van der Waals surface area (Å²) in [7, 11) is 0. The van der Waals surface area contributed by atoms with Gasteiger partial charge >= 0.3 is 0 Å². The number of aliphatic hydroxyl groups is 1. The molecule has 5 atom stereocenters. The number of amides is 3. The van der Waals surface area contributed by atoms with E-state index in [1.54, 1.807) is 16.7 Å². The highest BCUT2D eigenvalue weighted by atomic mass is 32.2. The Kier molecular flexibility index (Phi) is 6.83. The van der Waals surface area contributed by atoms with E-state index in [-0.39, 0.29) is 30.9 Å². The molecule has 7 nitrogen and oxygen atoms in total. The van der Waals surface area contributed by atoms with Gasteiger partial charge in [-0.25, -0.2) is 0 Å². The van der Waals surface area contributed by atoms with Crippen LogP contribution in [0.5, 0.6) is 0 Å². The van der Waals surface area contributed by atoms with Gasteiger partial charge in [-0.2, -0.15) is 0 Å². The number of nitrogens with one attached hydrogen (secondary N) is 2. The molecule has 0 radical (unpaired) electrons. The van der Waals surface area contributed by atoms with Gasteiger partial charge in [0.25, 0.3) is 0 Å². The molecular weight excluding hydrogens is 486 g/mol. The molecule has 3 saturated heterocycles. The first-order valence-corrected chi connectivity index (χ1v) is 13.8. The van der Waals surface area contributed by atoms with Gasteiger partial charge in [-0.15, -0.1) is 11.8 Å². The molecule has 1 spiro atoms. The van der Waals surface area contributed by atoms with Gasteiger partial charge in [-0.3, -0.25) is 14.4 Å². The number of hydrogen-bond acceptors (Lipinski definition) is 5. The third-order valence-corrected chi connectivity index (χ3v) is 10.3. The number of benzene rings is 2. The maximum atomic E-state index is 14.0. The first-order valence-electron chi connectivity index (χ1n) is 13.0. The van der Waals surface area contributed by atoms with Crippen molar-refractivity contribution >= 4 is 35.2 Å². The van der Waals surface area contributed by atoms with Crippen LogP contribution in [0.1, 0.15) is 42.9 Å². The van der Waals surface area contributed by atoms with E-state index in [0.29, 0.717) is 19.4 Å². The van der Waals surface area contributed by atoms with Crippen molar-refractivity contribution in [2.24, 2.45) is 11.8 Å². The lowest BCUT2D eigenvalue weighted by molar-refractivity contribution is -0.140. The summed E-state index contributed by atoms with van der Waals surface area (Å²) in [5.74, 6) is -1.58. The third-order valence-electron chi connectivity index (χ3n) is 8.33. The normalized spacial score (nSPS) is 29.9. The molecule has 3 fully saturated rings. The van der Waals surface area contributed by atoms with Crippen LogP contribution in [-0.2, 0) is 20.9 Å². The number of hydrogen-bond donors (Lipinski definition) is 3. The number of aryl methyl sites for hydroxylation is 2. The van der Waals surface area contributed by atoms with Gasteiger partial charge in [0.15, 0.2) is 0 Å². The quantitative estimate of drug-likeness (QED) is 0.495. The largest absolute Gasteiger partial charge is 0.396 e. The van der Waals surface area contributed by atoms with E-state index in [0.717, 1.165) is 28.8 Å². The number of anilines is 1. The van der Waals surface area contributed by atoms with Crippen molar-refractivity contribution in [1.29, 1.82) is 0 Å². The van der Waals surface area contributed by atoms with Gasteiger partial charge in [0.1, 0.15) is 6.04 Å². The van der Waals surface area contributed by atoms with Crippen LogP contribution in [0.3, 0.4) is 0 Å². The van der Waals surface area contributed by atoms with Crippen molar-refractivity contribution < 1.29 is 19.5 Å². The number of aliphatic hydroxyl groups excluding tert-OH is 1. The van der Waals surface area contributed by atoms with Crippen LogP contribution in [0.2, 0.25) is 0 Å². The minimum absolute atomic E-state index is 0.0708. The summed E-state index contributed by atoms with van der Waals surface area (Å²) in [4.78, 5) is 43.2. The first kappa shape index (κ1) is 25.8. The van der Waals surface area contributed by atoms with E-state index < -0.39 is 27.4 Å². The Morgan fingerprint density at radius 1 is 1.11 bits per heavy atom. The Hall–Kier alpha value is -2.84. The molecule has 2 unspecified atom stereocenters. The van der Waals surface area contributed by atoms with E-state index in [1.807, 2.05) is 62.4 Å².